The summed E-state index contributed by atoms with van der Waals surface area (Å²) < 4.78 is 5.42. The Morgan fingerprint density at radius 1 is 1.27 bits per heavy atom. The van der Waals surface area contributed by atoms with Gasteiger partial charge in [-0.05, 0) is 31.7 Å². The van der Waals surface area contributed by atoms with Crippen molar-refractivity contribution in [2.45, 2.75) is 32.2 Å². The van der Waals surface area contributed by atoms with Gasteiger partial charge >= 0.3 is 0 Å². The average Bonchev–Trinajstić information content (AvgIpc) is 2.92. The molecule has 2 unspecified atom stereocenters. The lowest BCUT2D eigenvalue weighted by Gasteiger charge is -2.26. The smallest absolute Gasteiger partial charge is 0.0621 e. The van der Waals surface area contributed by atoms with Gasteiger partial charge < -0.3 is 15.4 Å². The summed E-state index contributed by atoms with van der Waals surface area (Å²) in [4.78, 5) is 2.59. The number of ether oxygens (including phenoxy) is 1. The quantitative estimate of drug-likeness (QED) is 0.716. The van der Waals surface area contributed by atoms with E-state index in [1.807, 2.05) is 0 Å². The van der Waals surface area contributed by atoms with Gasteiger partial charge in [0.25, 0.3) is 0 Å². The second-order valence-electron chi connectivity index (χ2n) is 5.16. The zero-order chi connectivity index (χ0) is 10.7. The molecular formula is C12H24N2O. The molecule has 1 aliphatic carbocycles. The fraction of sp³-hybridized carbons (Fsp3) is 1.00. The van der Waals surface area contributed by atoms with Gasteiger partial charge in [-0.25, -0.2) is 0 Å². The molecule has 1 aliphatic heterocycles. The lowest BCUT2D eigenvalue weighted by molar-refractivity contribution is 0.165. The topological polar surface area (TPSA) is 38.5 Å². The summed E-state index contributed by atoms with van der Waals surface area (Å²) in [5.74, 6) is 1.55. The third kappa shape index (κ3) is 3.44. The molecule has 0 radical (unpaired) electrons. The molecule has 3 heteroatoms. The maximum atomic E-state index is 6.02. The maximum absolute atomic E-state index is 6.02. The van der Waals surface area contributed by atoms with Gasteiger partial charge in [-0.1, -0.05) is 6.92 Å². The van der Waals surface area contributed by atoms with Gasteiger partial charge in [0, 0.05) is 25.0 Å². The Morgan fingerprint density at radius 2 is 2.07 bits per heavy atom. The summed E-state index contributed by atoms with van der Waals surface area (Å²) in [6.07, 6.45) is 4.12. The Kier molecular flexibility index (Phi) is 4.00. The summed E-state index contributed by atoms with van der Waals surface area (Å²) in [6.45, 7) is 7.54. The second-order valence-corrected chi connectivity index (χ2v) is 5.16. The van der Waals surface area contributed by atoms with Crippen LogP contribution in [-0.4, -0.2) is 43.8 Å². The summed E-state index contributed by atoms with van der Waals surface area (Å²) in [6, 6.07) is 0.267. The number of nitrogens with zero attached hydrogens (tertiary/aromatic N) is 1. The van der Waals surface area contributed by atoms with Gasteiger partial charge in [0.1, 0.15) is 0 Å². The molecule has 0 aromatic rings. The summed E-state index contributed by atoms with van der Waals surface area (Å²) in [5.41, 5.74) is 6.02. The van der Waals surface area contributed by atoms with E-state index in [0.717, 1.165) is 25.7 Å². The van der Waals surface area contributed by atoms with Gasteiger partial charge in [0.2, 0.25) is 0 Å². The molecule has 2 rings (SSSR count). The highest BCUT2D eigenvalue weighted by Gasteiger charge is 2.29. The molecule has 2 N–H and O–H groups in total. The number of rotatable bonds is 6. The van der Waals surface area contributed by atoms with Crippen LogP contribution >= 0.6 is 0 Å². The minimum atomic E-state index is 0.267. The first-order valence-corrected chi connectivity index (χ1v) is 6.35. The summed E-state index contributed by atoms with van der Waals surface area (Å²) in [5, 5.41) is 0. The largest absolute Gasteiger partial charge is 0.379 e. The van der Waals surface area contributed by atoms with E-state index < -0.39 is 0 Å². The van der Waals surface area contributed by atoms with E-state index in [1.54, 1.807) is 0 Å². The molecule has 15 heavy (non-hydrogen) atoms. The van der Waals surface area contributed by atoms with Gasteiger partial charge in [0.05, 0.1) is 13.2 Å². The van der Waals surface area contributed by atoms with Crippen LogP contribution in [0.15, 0.2) is 0 Å². The molecule has 0 aromatic heterocycles. The summed E-state index contributed by atoms with van der Waals surface area (Å²) >= 11 is 0. The van der Waals surface area contributed by atoms with Gasteiger partial charge in [0.15, 0.2) is 0 Å². The molecule has 2 aliphatic rings. The first-order chi connectivity index (χ1) is 7.29. The third-order valence-corrected chi connectivity index (χ3v) is 3.49. The van der Waals surface area contributed by atoms with E-state index in [9.17, 15) is 0 Å². The van der Waals surface area contributed by atoms with Crippen molar-refractivity contribution in [3.8, 4) is 0 Å². The van der Waals surface area contributed by atoms with Crippen molar-refractivity contribution in [2.75, 3.05) is 32.8 Å². The first kappa shape index (κ1) is 11.4. The van der Waals surface area contributed by atoms with E-state index in [2.05, 4.69) is 11.8 Å². The van der Waals surface area contributed by atoms with Crippen molar-refractivity contribution in [3.05, 3.63) is 0 Å². The lowest BCUT2D eigenvalue weighted by atomic mass is 10.0. The van der Waals surface area contributed by atoms with Crippen molar-refractivity contribution < 1.29 is 4.74 Å². The van der Waals surface area contributed by atoms with Gasteiger partial charge in [-0.3, -0.25) is 0 Å². The fourth-order valence-electron chi connectivity index (χ4n) is 2.37. The van der Waals surface area contributed by atoms with E-state index in [1.165, 1.54) is 32.4 Å². The second kappa shape index (κ2) is 5.28. The minimum absolute atomic E-state index is 0.267. The molecule has 1 heterocycles. The molecule has 3 nitrogen and oxygen atoms in total. The molecule has 1 saturated heterocycles. The van der Waals surface area contributed by atoms with Crippen LogP contribution in [0.3, 0.4) is 0 Å². The zero-order valence-corrected chi connectivity index (χ0v) is 9.82. The Balaban J connectivity index is 1.76. The van der Waals surface area contributed by atoms with Crippen LogP contribution in [0, 0.1) is 11.8 Å². The van der Waals surface area contributed by atoms with Crippen LogP contribution < -0.4 is 5.73 Å². The number of hydrogen-bond donors (Lipinski definition) is 1. The normalized spacial score (nSPS) is 31.4. The van der Waals surface area contributed by atoms with Crippen molar-refractivity contribution in [2.24, 2.45) is 17.6 Å². The molecule has 2 atom stereocenters. The van der Waals surface area contributed by atoms with E-state index in [4.69, 9.17) is 10.5 Å². The molecular weight excluding hydrogens is 188 g/mol. The SMILES string of the molecule is CCCN(CC1CC1)CC1COCC1N. The third-order valence-electron chi connectivity index (χ3n) is 3.49. The van der Waals surface area contributed by atoms with Gasteiger partial charge in [-0.15, -0.1) is 0 Å². The average molecular weight is 212 g/mol. The molecule has 0 bridgehead atoms. The molecule has 0 spiro atoms. The highest BCUT2D eigenvalue weighted by molar-refractivity contribution is 4.83. The number of nitrogens with two attached hydrogens (primary N) is 1. The van der Waals surface area contributed by atoms with Crippen molar-refractivity contribution in [1.29, 1.82) is 0 Å². The minimum Gasteiger partial charge on any atom is -0.379 e. The van der Waals surface area contributed by atoms with Crippen LogP contribution in [0.25, 0.3) is 0 Å². The zero-order valence-electron chi connectivity index (χ0n) is 9.82. The van der Waals surface area contributed by atoms with Crippen LogP contribution in [-0.2, 0) is 4.74 Å². The predicted octanol–water partition coefficient (Wildman–Crippen LogP) is 1.08. The standard InChI is InChI=1S/C12H24N2O/c1-2-5-14(6-10-3-4-10)7-11-8-15-9-12(11)13/h10-12H,2-9,13H2,1H3. The molecule has 88 valence electrons. The molecule has 0 aromatic carbocycles. The Bertz CT molecular complexity index is 194. The van der Waals surface area contributed by atoms with Crippen LogP contribution in [0.4, 0.5) is 0 Å². The van der Waals surface area contributed by atoms with Gasteiger partial charge in [-0.2, -0.15) is 0 Å². The van der Waals surface area contributed by atoms with E-state index in [-0.39, 0.29) is 6.04 Å². The Hall–Kier alpha value is -0.120. The van der Waals surface area contributed by atoms with Crippen molar-refractivity contribution >= 4 is 0 Å². The lowest BCUT2D eigenvalue weighted by Crippen LogP contribution is -2.39. The Morgan fingerprint density at radius 3 is 2.60 bits per heavy atom. The fourth-order valence-corrected chi connectivity index (χ4v) is 2.37. The van der Waals surface area contributed by atoms with E-state index >= 15 is 0 Å². The molecule has 1 saturated carbocycles. The van der Waals surface area contributed by atoms with Crippen molar-refractivity contribution in [3.63, 3.8) is 0 Å². The highest BCUT2D eigenvalue weighted by Crippen LogP contribution is 2.30. The van der Waals surface area contributed by atoms with Crippen LogP contribution in [0.1, 0.15) is 26.2 Å². The van der Waals surface area contributed by atoms with Crippen molar-refractivity contribution in [1.82, 2.24) is 4.90 Å². The Labute approximate surface area is 93.0 Å². The maximum Gasteiger partial charge on any atom is 0.0621 e. The monoisotopic (exact) mass is 212 g/mol. The van der Waals surface area contributed by atoms with Crippen LogP contribution in [0.5, 0.6) is 0 Å². The van der Waals surface area contributed by atoms with E-state index in [0.29, 0.717) is 5.92 Å². The highest BCUT2D eigenvalue weighted by atomic mass is 16.5. The molecule has 0 amide bonds. The van der Waals surface area contributed by atoms with Crippen LogP contribution in [0.2, 0.25) is 0 Å². The number of hydrogen-bond acceptors (Lipinski definition) is 3. The first-order valence-electron chi connectivity index (χ1n) is 6.35. The summed E-state index contributed by atoms with van der Waals surface area (Å²) in [7, 11) is 0. The molecule has 2 fully saturated rings. The predicted molar refractivity (Wildman–Crippen MR) is 61.7 cm³/mol.